The quantitative estimate of drug-likeness (QED) is 0.494. The van der Waals surface area contributed by atoms with Crippen LogP contribution in [-0.4, -0.2) is 0 Å². The van der Waals surface area contributed by atoms with Crippen molar-refractivity contribution in [2.24, 2.45) is 0 Å². The number of rotatable bonds is 4. The van der Waals surface area contributed by atoms with Gasteiger partial charge in [0.2, 0.25) is 0 Å². The van der Waals surface area contributed by atoms with Crippen molar-refractivity contribution >= 4 is 12.2 Å². The van der Waals surface area contributed by atoms with Gasteiger partial charge in [0.25, 0.3) is 0 Å². The van der Waals surface area contributed by atoms with E-state index in [-0.39, 0.29) is 0 Å². The van der Waals surface area contributed by atoms with Gasteiger partial charge in [-0.3, -0.25) is 0 Å². The molecule has 2 aromatic rings. The minimum absolute atomic E-state index is 0.800. The van der Waals surface area contributed by atoms with Gasteiger partial charge in [-0.05, 0) is 59.8 Å². The van der Waals surface area contributed by atoms with E-state index >= 15 is 0 Å². The van der Waals surface area contributed by atoms with E-state index in [9.17, 15) is 0 Å². The summed E-state index contributed by atoms with van der Waals surface area (Å²) in [6.45, 7) is 0. The average molecular weight is 345 g/mol. The largest absolute Gasteiger partial charge is 0.0582 e. The molecule has 0 unspecified atom stereocenters. The van der Waals surface area contributed by atoms with E-state index in [1.807, 2.05) is 0 Å². The third-order valence-electron chi connectivity index (χ3n) is 6.49. The Kier molecular flexibility index (Phi) is 5.89. The van der Waals surface area contributed by atoms with Crippen LogP contribution in [0.5, 0.6) is 0 Å². The first kappa shape index (κ1) is 17.6. The molecular weight excluding hydrogens is 312 g/mol. The third-order valence-corrected chi connectivity index (χ3v) is 6.49. The molecule has 2 aromatic carbocycles. The summed E-state index contributed by atoms with van der Waals surface area (Å²) >= 11 is 0. The van der Waals surface area contributed by atoms with Gasteiger partial charge in [0.1, 0.15) is 0 Å². The molecule has 0 heterocycles. The van der Waals surface area contributed by atoms with E-state index < -0.39 is 0 Å². The molecule has 26 heavy (non-hydrogen) atoms. The van der Waals surface area contributed by atoms with Crippen LogP contribution in [0, 0.1) is 0 Å². The van der Waals surface area contributed by atoms with Gasteiger partial charge in [-0.1, -0.05) is 99.2 Å². The highest BCUT2D eigenvalue weighted by Crippen LogP contribution is 2.33. The maximum absolute atomic E-state index is 2.35. The van der Waals surface area contributed by atoms with Crippen LogP contribution in [0.4, 0.5) is 0 Å². The van der Waals surface area contributed by atoms with E-state index in [0.29, 0.717) is 0 Å². The zero-order valence-electron chi connectivity index (χ0n) is 16.0. The van der Waals surface area contributed by atoms with Gasteiger partial charge in [-0.15, -0.1) is 0 Å². The van der Waals surface area contributed by atoms with Crippen LogP contribution >= 0.6 is 0 Å². The SMILES string of the molecule is C(=Cc1ccc(C2CCCCC2)cc1)c1ccc(C2CCCCC2)cc1. The Labute approximate surface area is 159 Å². The maximum atomic E-state index is 2.35. The fourth-order valence-corrected chi connectivity index (χ4v) is 4.82. The van der Waals surface area contributed by atoms with Crippen LogP contribution in [0.1, 0.15) is 98.3 Å². The smallest absolute Gasteiger partial charge is 0.0162 e. The molecule has 0 aliphatic heterocycles. The van der Waals surface area contributed by atoms with E-state index in [1.54, 1.807) is 11.1 Å². The van der Waals surface area contributed by atoms with Crippen molar-refractivity contribution in [3.8, 4) is 0 Å². The summed E-state index contributed by atoms with van der Waals surface area (Å²) in [4.78, 5) is 0. The van der Waals surface area contributed by atoms with Crippen LogP contribution in [0.25, 0.3) is 12.2 Å². The Hall–Kier alpha value is -1.82. The summed E-state index contributed by atoms with van der Waals surface area (Å²) in [6.07, 6.45) is 18.5. The summed E-state index contributed by atoms with van der Waals surface area (Å²) in [5.74, 6) is 1.60. The first-order valence-corrected chi connectivity index (χ1v) is 10.8. The molecule has 0 amide bonds. The lowest BCUT2D eigenvalue weighted by molar-refractivity contribution is 0.443. The molecule has 0 spiro atoms. The zero-order valence-corrected chi connectivity index (χ0v) is 16.0. The van der Waals surface area contributed by atoms with E-state index in [2.05, 4.69) is 60.7 Å². The van der Waals surface area contributed by atoms with Crippen molar-refractivity contribution in [1.29, 1.82) is 0 Å². The van der Waals surface area contributed by atoms with Crippen LogP contribution in [-0.2, 0) is 0 Å². The minimum atomic E-state index is 0.800. The van der Waals surface area contributed by atoms with Crippen molar-refractivity contribution in [3.05, 3.63) is 70.8 Å². The first-order chi connectivity index (χ1) is 12.9. The molecule has 4 rings (SSSR count). The van der Waals surface area contributed by atoms with Crippen molar-refractivity contribution < 1.29 is 0 Å². The predicted molar refractivity (Wildman–Crippen MR) is 113 cm³/mol. The topological polar surface area (TPSA) is 0 Å². The lowest BCUT2D eigenvalue weighted by Gasteiger charge is -2.22. The van der Waals surface area contributed by atoms with Crippen molar-refractivity contribution in [3.63, 3.8) is 0 Å². The zero-order chi connectivity index (χ0) is 17.6. The number of benzene rings is 2. The summed E-state index contributed by atoms with van der Waals surface area (Å²) in [5, 5.41) is 0. The lowest BCUT2D eigenvalue weighted by atomic mass is 9.84. The summed E-state index contributed by atoms with van der Waals surface area (Å²) in [6, 6.07) is 18.6. The molecule has 0 N–H and O–H groups in total. The van der Waals surface area contributed by atoms with E-state index in [4.69, 9.17) is 0 Å². The van der Waals surface area contributed by atoms with Gasteiger partial charge in [-0.25, -0.2) is 0 Å². The van der Waals surface area contributed by atoms with E-state index in [1.165, 1.54) is 75.3 Å². The molecule has 0 aromatic heterocycles. The lowest BCUT2D eigenvalue weighted by Crippen LogP contribution is -2.04. The van der Waals surface area contributed by atoms with Crippen LogP contribution in [0.15, 0.2) is 48.5 Å². The monoisotopic (exact) mass is 344 g/mol. The van der Waals surface area contributed by atoms with Gasteiger partial charge in [-0.2, -0.15) is 0 Å². The second-order valence-corrected chi connectivity index (χ2v) is 8.34. The molecule has 0 radical (unpaired) electrons. The van der Waals surface area contributed by atoms with Gasteiger partial charge >= 0.3 is 0 Å². The molecule has 0 saturated heterocycles. The highest BCUT2D eigenvalue weighted by Gasteiger charge is 2.15. The Morgan fingerprint density at radius 2 is 0.808 bits per heavy atom. The molecule has 2 fully saturated rings. The Morgan fingerprint density at radius 3 is 1.15 bits per heavy atom. The van der Waals surface area contributed by atoms with Gasteiger partial charge in [0, 0.05) is 0 Å². The van der Waals surface area contributed by atoms with Crippen molar-refractivity contribution in [2.75, 3.05) is 0 Å². The molecule has 2 saturated carbocycles. The Bertz CT molecular complexity index is 629. The van der Waals surface area contributed by atoms with Crippen molar-refractivity contribution in [2.45, 2.75) is 76.0 Å². The highest BCUT2D eigenvalue weighted by atomic mass is 14.2. The summed E-state index contributed by atoms with van der Waals surface area (Å²) in [5.41, 5.74) is 5.69. The maximum Gasteiger partial charge on any atom is -0.0162 e. The molecule has 2 aliphatic rings. The van der Waals surface area contributed by atoms with Crippen molar-refractivity contribution in [1.82, 2.24) is 0 Å². The highest BCUT2D eigenvalue weighted by molar-refractivity contribution is 5.69. The minimum Gasteiger partial charge on any atom is -0.0582 e. The average Bonchev–Trinajstić information content (AvgIpc) is 2.74. The van der Waals surface area contributed by atoms with Crippen LogP contribution in [0.3, 0.4) is 0 Å². The Balaban J connectivity index is 1.37. The van der Waals surface area contributed by atoms with Gasteiger partial charge < -0.3 is 0 Å². The predicted octanol–water partition coefficient (Wildman–Crippen LogP) is 7.95. The second kappa shape index (κ2) is 8.71. The van der Waals surface area contributed by atoms with Crippen LogP contribution in [0.2, 0.25) is 0 Å². The summed E-state index contributed by atoms with van der Waals surface area (Å²) < 4.78 is 0. The van der Waals surface area contributed by atoms with Gasteiger partial charge in [0.05, 0.1) is 0 Å². The number of hydrogen-bond acceptors (Lipinski definition) is 0. The Morgan fingerprint density at radius 1 is 0.462 bits per heavy atom. The molecular formula is C26H32. The summed E-state index contributed by atoms with van der Waals surface area (Å²) in [7, 11) is 0. The molecule has 0 atom stereocenters. The fourth-order valence-electron chi connectivity index (χ4n) is 4.82. The molecule has 2 aliphatic carbocycles. The molecule has 136 valence electrons. The normalized spacial score (nSPS) is 19.8. The van der Waals surface area contributed by atoms with Gasteiger partial charge in [0.15, 0.2) is 0 Å². The molecule has 0 bridgehead atoms. The van der Waals surface area contributed by atoms with Crippen LogP contribution < -0.4 is 0 Å². The first-order valence-electron chi connectivity index (χ1n) is 10.8. The van der Waals surface area contributed by atoms with E-state index in [0.717, 1.165) is 11.8 Å². The molecule has 0 heteroatoms. The third kappa shape index (κ3) is 4.47. The second-order valence-electron chi connectivity index (χ2n) is 8.34. The molecule has 0 nitrogen and oxygen atoms in total. The fraction of sp³-hybridized carbons (Fsp3) is 0.462. The standard InChI is InChI=1S/C26H32/c1-3-7-23(8-4-1)25-17-13-21(14-18-25)11-12-22-15-19-26(20-16-22)24-9-5-2-6-10-24/h11-20,23-24H,1-10H2. The number of hydrogen-bond donors (Lipinski definition) is 0.